The predicted molar refractivity (Wildman–Crippen MR) is 118 cm³/mol. The van der Waals surface area contributed by atoms with Crippen LogP contribution in [0.15, 0.2) is 53.8 Å². The standard InChI is InChI=1S/C22H27N3O4S/c1-2-28-22(27)17-5-7-19(8-6-17)29-15-18(20(26)21-25-10-11-30-21)14-24-13-16-4-3-9-23-12-16/h3-9,12,18,20,24,26H,2,10-11,13-15H2,1H3. The number of benzene rings is 1. The first kappa shape index (κ1) is 22.3. The number of carbonyl (C=O) groups is 1. The normalized spacial score (nSPS) is 15.3. The number of aliphatic hydroxyl groups excluding tert-OH is 1. The van der Waals surface area contributed by atoms with Crippen molar-refractivity contribution in [3.8, 4) is 5.75 Å². The number of aliphatic imine (C=N–C) groups is 1. The fourth-order valence-corrected chi connectivity index (χ4v) is 3.94. The van der Waals surface area contributed by atoms with Crippen LogP contribution in [0, 0.1) is 5.92 Å². The van der Waals surface area contributed by atoms with Crippen molar-refractivity contribution in [2.45, 2.75) is 19.6 Å². The number of hydrogen-bond acceptors (Lipinski definition) is 8. The Bertz CT molecular complexity index is 830. The molecule has 0 fully saturated rings. The summed E-state index contributed by atoms with van der Waals surface area (Å²) in [4.78, 5) is 20.3. The molecule has 0 radical (unpaired) electrons. The third-order valence-corrected chi connectivity index (χ3v) is 5.65. The Hall–Kier alpha value is -2.42. The molecule has 2 unspecified atom stereocenters. The Balaban J connectivity index is 1.58. The van der Waals surface area contributed by atoms with E-state index in [1.165, 1.54) is 0 Å². The van der Waals surface area contributed by atoms with E-state index in [0.717, 1.165) is 22.9 Å². The number of esters is 1. The van der Waals surface area contributed by atoms with Gasteiger partial charge in [0.25, 0.3) is 0 Å². The fourth-order valence-electron chi connectivity index (χ4n) is 3.00. The molecule has 1 aliphatic rings. The summed E-state index contributed by atoms with van der Waals surface area (Å²) in [6.45, 7) is 4.39. The molecule has 30 heavy (non-hydrogen) atoms. The number of nitrogens with one attached hydrogen (secondary N) is 1. The summed E-state index contributed by atoms with van der Waals surface area (Å²) in [5.41, 5.74) is 1.56. The average molecular weight is 430 g/mol. The SMILES string of the molecule is CCOC(=O)c1ccc(OCC(CNCc2cccnc2)C(O)C2=NCCS2)cc1. The molecule has 1 aromatic heterocycles. The first-order chi connectivity index (χ1) is 14.7. The van der Waals surface area contributed by atoms with Crippen LogP contribution in [-0.2, 0) is 11.3 Å². The zero-order chi connectivity index (χ0) is 21.2. The van der Waals surface area contributed by atoms with Crippen LogP contribution < -0.4 is 10.1 Å². The van der Waals surface area contributed by atoms with Gasteiger partial charge in [-0.25, -0.2) is 4.79 Å². The lowest BCUT2D eigenvalue weighted by Crippen LogP contribution is -2.38. The van der Waals surface area contributed by atoms with E-state index in [1.54, 1.807) is 49.1 Å². The summed E-state index contributed by atoms with van der Waals surface area (Å²) in [5, 5.41) is 15.0. The lowest BCUT2D eigenvalue weighted by Gasteiger charge is -2.23. The summed E-state index contributed by atoms with van der Waals surface area (Å²) < 4.78 is 10.9. The van der Waals surface area contributed by atoms with Gasteiger partial charge in [0.05, 0.1) is 23.8 Å². The van der Waals surface area contributed by atoms with E-state index < -0.39 is 6.10 Å². The Labute approximate surface area is 180 Å². The smallest absolute Gasteiger partial charge is 0.338 e. The van der Waals surface area contributed by atoms with Gasteiger partial charge in [0.2, 0.25) is 0 Å². The molecule has 0 spiro atoms. The number of ether oxygens (including phenoxy) is 2. The van der Waals surface area contributed by atoms with Gasteiger partial charge in [-0.2, -0.15) is 0 Å². The number of pyridine rings is 1. The highest BCUT2D eigenvalue weighted by Crippen LogP contribution is 2.21. The summed E-state index contributed by atoms with van der Waals surface area (Å²) in [7, 11) is 0. The molecule has 2 N–H and O–H groups in total. The molecule has 160 valence electrons. The second-order valence-electron chi connectivity index (χ2n) is 6.82. The van der Waals surface area contributed by atoms with Gasteiger partial charge in [-0.1, -0.05) is 6.07 Å². The van der Waals surface area contributed by atoms with Crippen molar-refractivity contribution in [2.75, 3.05) is 32.1 Å². The van der Waals surface area contributed by atoms with Crippen molar-refractivity contribution in [3.63, 3.8) is 0 Å². The molecule has 0 bridgehead atoms. The number of thioether (sulfide) groups is 1. The monoisotopic (exact) mass is 429 g/mol. The molecule has 3 rings (SSSR count). The predicted octanol–water partition coefficient (Wildman–Crippen LogP) is 2.55. The van der Waals surface area contributed by atoms with E-state index in [0.29, 0.717) is 37.6 Å². The van der Waals surface area contributed by atoms with Crippen LogP contribution in [0.5, 0.6) is 5.75 Å². The topological polar surface area (TPSA) is 93.0 Å². The quantitative estimate of drug-likeness (QED) is 0.530. The summed E-state index contributed by atoms with van der Waals surface area (Å²) >= 11 is 1.60. The number of hydrogen-bond donors (Lipinski definition) is 2. The molecule has 1 aromatic carbocycles. The van der Waals surface area contributed by atoms with Crippen LogP contribution in [0.2, 0.25) is 0 Å². The fraction of sp³-hybridized carbons (Fsp3) is 0.409. The van der Waals surface area contributed by atoms with Crippen molar-refractivity contribution in [1.29, 1.82) is 0 Å². The van der Waals surface area contributed by atoms with E-state index in [9.17, 15) is 9.90 Å². The highest BCUT2D eigenvalue weighted by Gasteiger charge is 2.27. The van der Waals surface area contributed by atoms with Crippen LogP contribution in [0.4, 0.5) is 0 Å². The number of aliphatic hydroxyl groups is 1. The first-order valence-corrected chi connectivity index (χ1v) is 11.0. The van der Waals surface area contributed by atoms with E-state index in [-0.39, 0.29) is 11.9 Å². The van der Waals surface area contributed by atoms with Crippen molar-refractivity contribution >= 4 is 22.8 Å². The largest absolute Gasteiger partial charge is 0.493 e. The maximum absolute atomic E-state index is 11.8. The molecular formula is C22H27N3O4S. The first-order valence-electron chi connectivity index (χ1n) is 10.0. The zero-order valence-corrected chi connectivity index (χ0v) is 17.8. The molecule has 0 saturated heterocycles. The van der Waals surface area contributed by atoms with E-state index in [4.69, 9.17) is 9.47 Å². The minimum absolute atomic E-state index is 0.171. The van der Waals surface area contributed by atoms with E-state index in [2.05, 4.69) is 15.3 Å². The molecule has 0 amide bonds. The second-order valence-corrected chi connectivity index (χ2v) is 7.94. The molecule has 1 aliphatic heterocycles. The lowest BCUT2D eigenvalue weighted by atomic mass is 10.0. The van der Waals surface area contributed by atoms with Crippen LogP contribution in [0.1, 0.15) is 22.8 Å². The van der Waals surface area contributed by atoms with Gasteiger partial charge < -0.3 is 19.9 Å². The van der Waals surface area contributed by atoms with Crippen molar-refractivity contribution in [2.24, 2.45) is 10.9 Å². The highest BCUT2D eigenvalue weighted by molar-refractivity contribution is 8.14. The van der Waals surface area contributed by atoms with Crippen molar-refractivity contribution in [3.05, 3.63) is 59.9 Å². The Kier molecular flexibility index (Phi) is 8.67. The number of aromatic nitrogens is 1. The second kappa shape index (κ2) is 11.7. The van der Waals surface area contributed by atoms with E-state index in [1.807, 2.05) is 18.3 Å². The third-order valence-electron chi connectivity index (χ3n) is 4.60. The lowest BCUT2D eigenvalue weighted by molar-refractivity contribution is 0.0526. The van der Waals surface area contributed by atoms with Gasteiger partial charge in [0.15, 0.2) is 0 Å². The molecule has 2 atom stereocenters. The van der Waals surface area contributed by atoms with Crippen LogP contribution in [-0.4, -0.2) is 59.3 Å². The van der Waals surface area contributed by atoms with Crippen LogP contribution >= 0.6 is 11.8 Å². The zero-order valence-electron chi connectivity index (χ0n) is 17.0. The van der Waals surface area contributed by atoms with Gasteiger partial charge >= 0.3 is 5.97 Å². The average Bonchev–Trinajstić information content (AvgIpc) is 3.32. The number of carbonyl (C=O) groups excluding carboxylic acids is 1. The van der Waals surface area contributed by atoms with Gasteiger partial charge in [-0.05, 0) is 42.8 Å². The number of rotatable bonds is 11. The van der Waals surface area contributed by atoms with Crippen LogP contribution in [0.3, 0.4) is 0 Å². The van der Waals surface area contributed by atoms with Gasteiger partial charge in [-0.3, -0.25) is 9.98 Å². The molecule has 8 heteroatoms. The molecule has 2 heterocycles. The van der Waals surface area contributed by atoms with Gasteiger partial charge in [0, 0.05) is 43.7 Å². The molecule has 7 nitrogen and oxygen atoms in total. The maximum Gasteiger partial charge on any atom is 0.338 e. The van der Waals surface area contributed by atoms with Gasteiger partial charge in [0.1, 0.15) is 11.9 Å². The Morgan fingerprint density at radius 2 is 2.13 bits per heavy atom. The number of nitrogens with zero attached hydrogens (tertiary/aromatic N) is 2. The van der Waals surface area contributed by atoms with Gasteiger partial charge in [-0.15, -0.1) is 11.8 Å². The Morgan fingerprint density at radius 3 is 2.80 bits per heavy atom. The molecule has 0 aliphatic carbocycles. The van der Waals surface area contributed by atoms with E-state index >= 15 is 0 Å². The summed E-state index contributed by atoms with van der Waals surface area (Å²) in [6, 6.07) is 10.7. The third kappa shape index (κ3) is 6.55. The molecular weight excluding hydrogens is 402 g/mol. The molecule has 0 saturated carbocycles. The van der Waals surface area contributed by atoms with Crippen LogP contribution in [0.25, 0.3) is 0 Å². The maximum atomic E-state index is 11.8. The summed E-state index contributed by atoms with van der Waals surface area (Å²) in [6.07, 6.45) is 2.88. The van der Waals surface area contributed by atoms with Crippen molar-refractivity contribution < 1.29 is 19.4 Å². The summed E-state index contributed by atoms with van der Waals surface area (Å²) in [5.74, 6) is 1.01. The minimum atomic E-state index is -0.683. The highest BCUT2D eigenvalue weighted by atomic mass is 32.2. The Morgan fingerprint density at radius 1 is 1.30 bits per heavy atom. The molecule has 2 aromatic rings. The minimum Gasteiger partial charge on any atom is -0.493 e. The van der Waals surface area contributed by atoms with Crippen molar-refractivity contribution in [1.82, 2.24) is 10.3 Å².